The highest BCUT2D eigenvalue weighted by atomic mass is 127. The van der Waals surface area contributed by atoms with Crippen LogP contribution in [0.3, 0.4) is 0 Å². The molecular weight excluding hydrogens is 980 g/mol. The predicted molar refractivity (Wildman–Crippen MR) is 248 cm³/mol. The number of nitrogens with zero attached hydrogens (tertiary/aromatic N) is 1. The first-order valence-electron chi connectivity index (χ1n) is 25.2. The molecule has 3 aliphatic heterocycles. The minimum atomic E-state index is -5.10. The summed E-state index contributed by atoms with van der Waals surface area (Å²) in [7, 11) is 0. The maximum absolute atomic E-state index is 14.2. The van der Waals surface area contributed by atoms with Crippen molar-refractivity contribution in [3.8, 4) is 0 Å². The first-order valence-corrected chi connectivity index (χ1v) is 26.3. The molecular formula is C48H82F3IN2O12. The average Bonchev–Trinajstić information content (AvgIpc) is 3.26. The largest absolute Gasteiger partial charge is 0.417 e. The van der Waals surface area contributed by atoms with Crippen LogP contribution in [0.1, 0.15) is 151 Å². The number of aliphatic hydroxyl groups excluding tert-OH is 5. The number of likely N-dealkylation sites (tertiary alicyclic amines) is 1. The number of rotatable bonds is 22. The van der Waals surface area contributed by atoms with Crippen LogP contribution >= 0.6 is 22.6 Å². The Balaban J connectivity index is 1.46. The van der Waals surface area contributed by atoms with E-state index < -0.39 is 98.4 Å². The first kappa shape index (κ1) is 56.0. The SMILES string of the molecule is CCCCCC(C)C1CCC(C[C@H](OC2C(NC(C)=O)[C@H](O[C@@H]3CC(C(I)(CC)CCCC)CC(CC)[C@H]3O[C@@H]3OC(C(F)(F)F)[C@@H](O)C(O)C3O)OC(CO)[C@@H]2O)C(=O)N2CCC2)CC1. The van der Waals surface area contributed by atoms with Crippen LogP contribution in [-0.4, -0.2) is 151 Å². The summed E-state index contributed by atoms with van der Waals surface area (Å²) < 4.78 is 73.7. The van der Waals surface area contributed by atoms with E-state index in [1.807, 2.05) is 6.92 Å². The molecule has 14 nitrogen and oxygen atoms in total. The zero-order valence-corrected chi connectivity index (χ0v) is 42.2. The van der Waals surface area contributed by atoms with Gasteiger partial charge in [-0.3, -0.25) is 9.59 Å². The van der Waals surface area contributed by atoms with E-state index in [-0.39, 0.29) is 27.1 Å². The van der Waals surface area contributed by atoms with Crippen molar-refractivity contribution in [3.05, 3.63) is 0 Å². The summed E-state index contributed by atoms with van der Waals surface area (Å²) in [5.41, 5.74) is 0. The van der Waals surface area contributed by atoms with Gasteiger partial charge >= 0.3 is 6.18 Å². The zero-order chi connectivity index (χ0) is 48.5. The fourth-order valence-electron chi connectivity index (χ4n) is 11.3. The van der Waals surface area contributed by atoms with Gasteiger partial charge in [0.2, 0.25) is 5.91 Å². The van der Waals surface area contributed by atoms with E-state index in [1.54, 1.807) is 4.90 Å². The lowest BCUT2D eigenvalue weighted by Gasteiger charge is -2.51. The van der Waals surface area contributed by atoms with Crippen molar-refractivity contribution < 1.29 is 72.0 Å². The zero-order valence-electron chi connectivity index (χ0n) is 40.1. The number of carbonyl (C=O) groups excluding carboxylic acids is 2. The van der Waals surface area contributed by atoms with Gasteiger partial charge in [-0.15, -0.1) is 0 Å². The molecule has 10 unspecified atom stereocenters. The highest BCUT2D eigenvalue weighted by Crippen LogP contribution is 2.49. The van der Waals surface area contributed by atoms with Gasteiger partial charge in [0.15, 0.2) is 18.7 Å². The monoisotopic (exact) mass is 1060 g/mol. The number of nitrogens with one attached hydrogen (secondary N) is 1. The second kappa shape index (κ2) is 25.4. The number of unbranched alkanes of at least 4 members (excludes halogenated alkanes) is 3. The number of carbonyl (C=O) groups is 2. The summed E-state index contributed by atoms with van der Waals surface area (Å²) in [6.45, 7) is 12.5. The quantitative estimate of drug-likeness (QED) is 0.0402. The van der Waals surface area contributed by atoms with E-state index in [1.165, 1.54) is 32.6 Å². The molecule has 6 N–H and O–H groups in total. The van der Waals surface area contributed by atoms with Crippen molar-refractivity contribution in [2.75, 3.05) is 19.7 Å². The third-order valence-electron chi connectivity index (χ3n) is 15.7. The molecule has 384 valence electrons. The van der Waals surface area contributed by atoms with Crippen molar-refractivity contribution in [1.29, 1.82) is 0 Å². The summed E-state index contributed by atoms with van der Waals surface area (Å²) in [4.78, 5) is 29.1. The number of alkyl halides is 4. The maximum atomic E-state index is 14.2. The molecule has 2 aliphatic carbocycles. The lowest BCUT2D eigenvalue weighted by molar-refractivity contribution is -0.373. The van der Waals surface area contributed by atoms with Gasteiger partial charge in [-0.25, -0.2) is 0 Å². The number of ether oxygens (including phenoxy) is 5. The molecule has 0 aromatic heterocycles. The summed E-state index contributed by atoms with van der Waals surface area (Å²) in [5, 5.41) is 57.3. The molecule has 18 heteroatoms. The minimum Gasteiger partial charge on any atom is -0.394 e. The molecule has 66 heavy (non-hydrogen) atoms. The van der Waals surface area contributed by atoms with E-state index in [9.17, 15) is 48.3 Å². The van der Waals surface area contributed by atoms with Gasteiger partial charge in [0, 0.05) is 23.4 Å². The van der Waals surface area contributed by atoms with Crippen molar-refractivity contribution in [1.82, 2.24) is 10.2 Å². The molecule has 5 aliphatic rings. The number of hydrogen-bond acceptors (Lipinski definition) is 12. The van der Waals surface area contributed by atoms with Crippen LogP contribution in [0, 0.1) is 29.6 Å². The molecule has 2 saturated carbocycles. The molecule has 0 radical (unpaired) electrons. The van der Waals surface area contributed by atoms with Crippen molar-refractivity contribution in [3.63, 3.8) is 0 Å². The third-order valence-corrected chi connectivity index (χ3v) is 17.9. The molecule has 17 atom stereocenters. The Morgan fingerprint density at radius 1 is 0.864 bits per heavy atom. The lowest BCUT2D eigenvalue weighted by atomic mass is 9.69. The van der Waals surface area contributed by atoms with Gasteiger partial charge in [0.25, 0.3) is 5.91 Å². The Hall–Kier alpha value is -0.940. The van der Waals surface area contributed by atoms with Gasteiger partial charge in [-0.05, 0) is 81.0 Å². The fourth-order valence-corrected chi connectivity index (χ4v) is 12.2. The second-order valence-corrected chi connectivity index (χ2v) is 22.4. The number of hydrogen-bond donors (Lipinski definition) is 6. The molecule has 0 aromatic carbocycles. The topological polar surface area (TPSA) is 197 Å². The van der Waals surface area contributed by atoms with Crippen molar-refractivity contribution >= 4 is 34.4 Å². The van der Waals surface area contributed by atoms with Crippen LogP contribution in [0.2, 0.25) is 0 Å². The summed E-state index contributed by atoms with van der Waals surface area (Å²) in [6, 6.07) is -1.23. The average molecular weight is 1060 g/mol. The highest BCUT2D eigenvalue weighted by Gasteiger charge is 2.58. The van der Waals surface area contributed by atoms with Crippen LogP contribution in [0.4, 0.5) is 13.2 Å². The predicted octanol–water partition coefficient (Wildman–Crippen LogP) is 6.32. The van der Waals surface area contributed by atoms with Crippen LogP contribution in [0.25, 0.3) is 0 Å². The lowest BCUT2D eigenvalue weighted by Crippen LogP contribution is -2.68. The van der Waals surface area contributed by atoms with Crippen molar-refractivity contribution in [2.45, 2.75) is 240 Å². The minimum absolute atomic E-state index is 0.000913. The smallest absolute Gasteiger partial charge is 0.394 e. The molecule has 0 spiro atoms. The molecule has 0 aromatic rings. The van der Waals surface area contributed by atoms with E-state index in [0.29, 0.717) is 50.6 Å². The second-order valence-electron chi connectivity index (χ2n) is 20.2. The van der Waals surface area contributed by atoms with E-state index >= 15 is 0 Å². The van der Waals surface area contributed by atoms with Gasteiger partial charge in [-0.1, -0.05) is 115 Å². The number of aliphatic hydroxyl groups is 5. The van der Waals surface area contributed by atoms with Gasteiger partial charge in [0.1, 0.15) is 48.8 Å². The summed E-state index contributed by atoms with van der Waals surface area (Å²) in [5.74, 6) is 0.332. The fraction of sp³-hybridized carbons (Fsp3) is 0.958. The number of amides is 2. The maximum Gasteiger partial charge on any atom is 0.417 e. The molecule has 3 saturated heterocycles. The highest BCUT2D eigenvalue weighted by molar-refractivity contribution is 14.1. The van der Waals surface area contributed by atoms with E-state index in [2.05, 4.69) is 55.6 Å². The Kier molecular flexibility index (Phi) is 21.6. The molecule has 3 heterocycles. The Morgan fingerprint density at radius 3 is 2.11 bits per heavy atom. The Labute approximate surface area is 404 Å². The summed E-state index contributed by atoms with van der Waals surface area (Å²) >= 11 is 2.51. The molecule has 5 fully saturated rings. The number of halogens is 4. The van der Waals surface area contributed by atoms with Gasteiger partial charge < -0.3 is 59.4 Å². The van der Waals surface area contributed by atoms with E-state index in [4.69, 9.17) is 23.7 Å². The Morgan fingerprint density at radius 2 is 1.55 bits per heavy atom. The van der Waals surface area contributed by atoms with Crippen molar-refractivity contribution in [2.24, 2.45) is 29.6 Å². The third kappa shape index (κ3) is 13.9. The summed E-state index contributed by atoms with van der Waals surface area (Å²) in [6.07, 6.45) is -10.2. The molecule has 5 rings (SSSR count). The first-order chi connectivity index (χ1) is 31.3. The van der Waals surface area contributed by atoms with Gasteiger partial charge in [-0.2, -0.15) is 13.2 Å². The normalized spacial score (nSPS) is 38.5. The molecule has 0 bridgehead atoms. The van der Waals surface area contributed by atoms with Crippen LogP contribution in [0.15, 0.2) is 0 Å². The standard InChI is InChI=1S/C48H82F3IN2O12/c1-7-11-13-15-27(5)31-18-16-29(17-19-31)23-34(44(61)54-21-14-22-54)62-42-36(53-28(6)56)45(64-35(26-55)37(42)57)63-33-25-32(47(52,10-4)20-12-8-2)24-30(9-3)41(33)65-46-40(60)38(58)39(59)43(66-46)48(49,50)51/h27,29-43,45-46,55,57-60H,7-26H2,1-6H3,(H,53,56)/t27?,29?,30?,31?,32?,33-,34+,35?,36?,37+,38?,39+,40?,41-,42?,43?,45-,46-,47?/m1/s1. The van der Waals surface area contributed by atoms with Crippen LogP contribution < -0.4 is 5.32 Å². The van der Waals surface area contributed by atoms with E-state index in [0.717, 1.165) is 57.8 Å². The Bertz CT molecular complexity index is 1490. The van der Waals surface area contributed by atoms with Crippen LogP contribution in [-0.2, 0) is 33.3 Å². The molecule has 2 amide bonds. The van der Waals surface area contributed by atoms with Crippen LogP contribution in [0.5, 0.6) is 0 Å². The van der Waals surface area contributed by atoms with Gasteiger partial charge in [0.05, 0.1) is 18.8 Å².